The Bertz CT molecular complexity index is 734. The second-order valence-corrected chi connectivity index (χ2v) is 6.11. The molecule has 0 radical (unpaired) electrons. The zero-order valence-corrected chi connectivity index (χ0v) is 13.8. The highest BCUT2D eigenvalue weighted by atomic mass is 16.5. The van der Waals surface area contributed by atoms with Crippen LogP contribution >= 0.6 is 0 Å². The van der Waals surface area contributed by atoms with Gasteiger partial charge in [0.05, 0.1) is 0 Å². The molecule has 0 bridgehead atoms. The van der Waals surface area contributed by atoms with E-state index in [1.165, 1.54) is 0 Å². The van der Waals surface area contributed by atoms with E-state index in [0.717, 1.165) is 24.0 Å². The lowest BCUT2D eigenvalue weighted by Crippen LogP contribution is -2.41. The van der Waals surface area contributed by atoms with E-state index in [2.05, 4.69) is 4.98 Å². The monoisotopic (exact) mass is 326 g/mol. The van der Waals surface area contributed by atoms with Gasteiger partial charge in [-0.05, 0) is 36.0 Å². The molecular weight excluding hydrogens is 304 g/mol. The van der Waals surface area contributed by atoms with Crippen LogP contribution in [0.15, 0.2) is 53.5 Å². The second kappa shape index (κ2) is 7.45. The van der Waals surface area contributed by atoms with E-state index in [4.69, 9.17) is 4.74 Å². The van der Waals surface area contributed by atoms with E-state index in [9.17, 15) is 9.59 Å². The van der Waals surface area contributed by atoms with E-state index in [0.29, 0.717) is 19.0 Å². The molecule has 2 heterocycles. The molecule has 1 unspecified atom stereocenters. The van der Waals surface area contributed by atoms with Crippen molar-refractivity contribution in [2.24, 2.45) is 0 Å². The van der Waals surface area contributed by atoms with Crippen molar-refractivity contribution in [1.82, 2.24) is 9.88 Å². The van der Waals surface area contributed by atoms with Crippen molar-refractivity contribution in [2.45, 2.75) is 24.9 Å². The number of carbonyl (C=O) groups is 1. The van der Waals surface area contributed by atoms with E-state index in [-0.39, 0.29) is 11.5 Å². The van der Waals surface area contributed by atoms with Gasteiger partial charge in [0.1, 0.15) is 0 Å². The molecule has 0 aliphatic carbocycles. The Kier molecular flexibility index (Phi) is 5.11. The molecule has 3 rings (SSSR count). The highest BCUT2D eigenvalue weighted by molar-refractivity contribution is 5.82. The molecule has 1 aliphatic rings. The third-order valence-electron chi connectivity index (χ3n) is 4.64. The fraction of sp³-hybridized carbons (Fsp3) is 0.368. The summed E-state index contributed by atoms with van der Waals surface area (Å²) in [4.78, 5) is 28.7. The quantitative estimate of drug-likeness (QED) is 0.939. The van der Waals surface area contributed by atoms with E-state index < -0.39 is 6.10 Å². The summed E-state index contributed by atoms with van der Waals surface area (Å²) in [5, 5.41) is 0. The molecule has 1 saturated heterocycles. The van der Waals surface area contributed by atoms with Crippen LogP contribution in [0, 0.1) is 0 Å². The van der Waals surface area contributed by atoms with Gasteiger partial charge in [0.15, 0.2) is 6.10 Å². The third kappa shape index (κ3) is 3.57. The van der Waals surface area contributed by atoms with E-state index in [1.807, 2.05) is 41.3 Å². The number of hydrogen-bond donors (Lipinski definition) is 1. The number of hydrogen-bond acceptors (Lipinski definition) is 3. The van der Waals surface area contributed by atoms with Crippen LogP contribution in [-0.2, 0) is 9.53 Å². The van der Waals surface area contributed by atoms with Gasteiger partial charge in [-0.1, -0.05) is 30.3 Å². The topological polar surface area (TPSA) is 62.4 Å². The standard InChI is InChI=1S/C19H22N2O3/c1-24-18(15-5-3-2-4-6-15)19(23)21-11-8-14(9-12-21)16-7-10-20-17(22)13-16/h2-7,10,13-14,18H,8-9,11-12H2,1H3,(H,20,22). The average molecular weight is 326 g/mol. The number of aromatic nitrogens is 1. The summed E-state index contributed by atoms with van der Waals surface area (Å²) in [5.74, 6) is 0.335. The van der Waals surface area contributed by atoms with Gasteiger partial charge in [-0.3, -0.25) is 9.59 Å². The molecule has 1 fully saturated rings. The molecule has 0 spiro atoms. The molecule has 5 heteroatoms. The van der Waals surface area contributed by atoms with Crippen molar-refractivity contribution in [3.05, 3.63) is 70.1 Å². The van der Waals surface area contributed by atoms with Crippen molar-refractivity contribution in [3.8, 4) is 0 Å². The van der Waals surface area contributed by atoms with Gasteiger partial charge in [-0.15, -0.1) is 0 Å². The molecule has 1 aromatic carbocycles. The van der Waals surface area contributed by atoms with Gasteiger partial charge < -0.3 is 14.6 Å². The number of likely N-dealkylation sites (tertiary alicyclic amines) is 1. The summed E-state index contributed by atoms with van der Waals surface area (Å²) in [5.41, 5.74) is 1.86. The van der Waals surface area contributed by atoms with Crippen molar-refractivity contribution >= 4 is 5.91 Å². The summed E-state index contributed by atoms with van der Waals surface area (Å²) < 4.78 is 5.44. The number of piperidine rings is 1. The van der Waals surface area contributed by atoms with Gasteiger partial charge >= 0.3 is 0 Å². The predicted molar refractivity (Wildman–Crippen MR) is 91.8 cm³/mol. The number of amides is 1. The first-order chi connectivity index (χ1) is 11.7. The Balaban J connectivity index is 1.65. The molecule has 24 heavy (non-hydrogen) atoms. The smallest absolute Gasteiger partial charge is 0.256 e. The fourth-order valence-corrected chi connectivity index (χ4v) is 3.32. The first kappa shape index (κ1) is 16.5. The first-order valence-corrected chi connectivity index (χ1v) is 8.24. The van der Waals surface area contributed by atoms with Gasteiger partial charge in [0.25, 0.3) is 5.91 Å². The second-order valence-electron chi connectivity index (χ2n) is 6.11. The molecule has 2 aromatic rings. The molecule has 126 valence electrons. The molecule has 5 nitrogen and oxygen atoms in total. The fourth-order valence-electron chi connectivity index (χ4n) is 3.32. The predicted octanol–water partition coefficient (Wildman–Crippen LogP) is 2.47. The normalized spacial score (nSPS) is 16.8. The zero-order valence-electron chi connectivity index (χ0n) is 13.8. The van der Waals surface area contributed by atoms with Crippen LogP contribution in [0.1, 0.15) is 36.0 Å². The number of nitrogens with zero attached hydrogens (tertiary/aromatic N) is 1. The summed E-state index contributed by atoms with van der Waals surface area (Å²) >= 11 is 0. The van der Waals surface area contributed by atoms with Crippen LogP contribution in [0.4, 0.5) is 0 Å². The average Bonchev–Trinajstić information content (AvgIpc) is 2.63. The maximum atomic E-state index is 12.8. The third-order valence-corrected chi connectivity index (χ3v) is 4.64. The highest BCUT2D eigenvalue weighted by Crippen LogP contribution is 2.29. The SMILES string of the molecule is COC(C(=O)N1CCC(c2cc[nH]c(=O)c2)CC1)c1ccccc1. The Labute approximate surface area is 141 Å². The zero-order chi connectivity index (χ0) is 16.9. The molecule has 0 saturated carbocycles. The number of aromatic amines is 1. The van der Waals surface area contributed by atoms with Gasteiger partial charge in [0.2, 0.25) is 5.56 Å². The maximum absolute atomic E-state index is 12.8. The number of ether oxygens (including phenoxy) is 1. The Morgan fingerprint density at radius 2 is 1.92 bits per heavy atom. The van der Waals surface area contributed by atoms with Gasteiger partial charge in [-0.25, -0.2) is 0 Å². The van der Waals surface area contributed by atoms with Crippen LogP contribution in [0.25, 0.3) is 0 Å². The van der Waals surface area contributed by atoms with Crippen LogP contribution in [-0.4, -0.2) is 36.0 Å². The molecule has 1 atom stereocenters. The Morgan fingerprint density at radius 3 is 2.54 bits per heavy atom. The lowest BCUT2D eigenvalue weighted by molar-refractivity contribution is -0.143. The number of carbonyl (C=O) groups excluding carboxylic acids is 1. The molecular formula is C19H22N2O3. The number of nitrogens with one attached hydrogen (secondary N) is 1. The van der Waals surface area contributed by atoms with Crippen molar-refractivity contribution in [2.75, 3.05) is 20.2 Å². The number of H-pyrrole nitrogens is 1. The molecule has 1 aliphatic heterocycles. The summed E-state index contributed by atoms with van der Waals surface area (Å²) in [6, 6.07) is 13.2. The molecule has 1 amide bonds. The number of pyridine rings is 1. The highest BCUT2D eigenvalue weighted by Gasteiger charge is 2.29. The van der Waals surface area contributed by atoms with Crippen LogP contribution in [0.2, 0.25) is 0 Å². The summed E-state index contributed by atoms with van der Waals surface area (Å²) in [6.07, 6.45) is 2.86. The summed E-state index contributed by atoms with van der Waals surface area (Å²) in [7, 11) is 1.57. The number of benzene rings is 1. The van der Waals surface area contributed by atoms with E-state index in [1.54, 1.807) is 19.4 Å². The van der Waals surface area contributed by atoms with Crippen molar-refractivity contribution in [1.29, 1.82) is 0 Å². The maximum Gasteiger partial charge on any atom is 0.256 e. The minimum Gasteiger partial charge on any atom is -0.367 e. The Morgan fingerprint density at radius 1 is 1.21 bits per heavy atom. The lowest BCUT2D eigenvalue weighted by Gasteiger charge is -2.34. The largest absolute Gasteiger partial charge is 0.367 e. The number of methoxy groups -OCH3 is 1. The Hall–Kier alpha value is -2.40. The molecule has 1 N–H and O–H groups in total. The van der Waals surface area contributed by atoms with Crippen molar-refractivity contribution in [3.63, 3.8) is 0 Å². The lowest BCUT2D eigenvalue weighted by atomic mass is 9.89. The van der Waals surface area contributed by atoms with Crippen molar-refractivity contribution < 1.29 is 9.53 Å². The van der Waals surface area contributed by atoms with Gasteiger partial charge in [-0.2, -0.15) is 0 Å². The molecule has 1 aromatic heterocycles. The van der Waals surface area contributed by atoms with Crippen LogP contribution in [0.3, 0.4) is 0 Å². The summed E-state index contributed by atoms with van der Waals surface area (Å²) in [6.45, 7) is 1.37. The van der Waals surface area contributed by atoms with Crippen LogP contribution < -0.4 is 5.56 Å². The van der Waals surface area contributed by atoms with Gasteiger partial charge in [0, 0.05) is 32.5 Å². The number of rotatable bonds is 4. The minimum absolute atomic E-state index is 0.00746. The first-order valence-electron chi connectivity index (χ1n) is 8.24. The van der Waals surface area contributed by atoms with E-state index >= 15 is 0 Å². The minimum atomic E-state index is -0.553. The van der Waals surface area contributed by atoms with Crippen LogP contribution in [0.5, 0.6) is 0 Å².